The Bertz CT molecular complexity index is 542. The molecule has 0 saturated carbocycles. The number of benzene rings is 1. The molecule has 0 aromatic heterocycles. The Hall–Kier alpha value is -2.24. The highest BCUT2D eigenvalue weighted by Gasteiger charge is 2.20. The summed E-state index contributed by atoms with van der Waals surface area (Å²) in [5.41, 5.74) is 1.23. The first-order valence-corrected chi connectivity index (χ1v) is 7.04. The summed E-state index contributed by atoms with van der Waals surface area (Å²) in [6.07, 6.45) is 1.97. The number of ether oxygens (including phenoxy) is 2. The molecule has 0 bridgehead atoms. The van der Waals surface area contributed by atoms with Gasteiger partial charge < -0.3 is 20.0 Å². The second-order valence-electron chi connectivity index (χ2n) is 5.04. The molecule has 1 amide bonds. The van der Waals surface area contributed by atoms with Crippen LogP contribution < -0.4 is 14.8 Å². The number of hydrogen-bond donors (Lipinski definition) is 2. The van der Waals surface area contributed by atoms with Crippen LogP contribution in [0.25, 0.3) is 0 Å². The van der Waals surface area contributed by atoms with Gasteiger partial charge in [-0.3, -0.25) is 4.79 Å². The lowest BCUT2D eigenvalue weighted by Crippen LogP contribution is -2.35. The maximum absolute atomic E-state index is 11.7. The van der Waals surface area contributed by atoms with Crippen LogP contribution >= 0.6 is 0 Å². The number of fused-ring (bicyclic) bond motifs is 1. The molecule has 1 aromatic rings. The molecule has 1 aliphatic rings. The van der Waals surface area contributed by atoms with Crippen molar-refractivity contribution in [3.05, 3.63) is 23.8 Å². The first-order chi connectivity index (χ1) is 10.1. The predicted octanol–water partition coefficient (Wildman–Crippen LogP) is 1.94. The third-order valence-corrected chi connectivity index (χ3v) is 3.25. The Morgan fingerprint density at radius 2 is 2.38 bits per heavy atom. The standard InChI is InChI=1S/C15H20N2O4/c1-3-4-10(2)16-15(18)9-20-11-5-6-12-13(17-19)8-21-14(12)7-11/h5-7,10,19H,3-4,8-9H2,1-2H3,(H,16,18). The summed E-state index contributed by atoms with van der Waals surface area (Å²) in [5, 5.41) is 14.9. The molecule has 2 rings (SSSR count). The number of nitrogens with one attached hydrogen (secondary N) is 1. The van der Waals surface area contributed by atoms with Crippen LogP contribution in [0.1, 0.15) is 32.3 Å². The number of hydrogen-bond acceptors (Lipinski definition) is 5. The number of amides is 1. The van der Waals surface area contributed by atoms with Gasteiger partial charge in [0.05, 0.1) is 0 Å². The molecule has 1 heterocycles. The Kier molecular flexibility index (Phi) is 5.03. The van der Waals surface area contributed by atoms with Gasteiger partial charge in [0.2, 0.25) is 0 Å². The van der Waals surface area contributed by atoms with E-state index >= 15 is 0 Å². The fourth-order valence-electron chi connectivity index (χ4n) is 2.23. The van der Waals surface area contributed by atoms with Crippen LogP contribution in [0.5, 0.6) is 11.5 Å². The van der Waals surface area contributed by atoms with Gasteiger partial charge in [-0.25, -0.2) is 0 Å². The predicted molar refractivity (Wildman–Crippen MR) is 78.3 cm³/mol. The van der Waals surface area contributed by atoms with Crippen molar-refractivity contribution in [1.29, 1.82) is 0 Å². The van der Waals surface area contributed by atoms with Gasteiger partial charge in [-0.05, 0) is 25.5 Å². The molecule has 114 valence electrons. The molecule has 1 aromatic carbocycles. The fourth-order valence-corrected chi connectivity index (χ4v) is 2.23. The van der Waals surface area contributed by atoms with Crippen molar-refractivity contribution in [1.82, 2.24) is 5.32 Å². The van der Waals surface area contributed by atoms with Gasteiger partial charge in [0.1, 0.15) is 23.8 Å². The molecule has 0 spiro atoms. The highest BCUT2D eigenvalue weighted by atomic mass is 16.5. The Labute approximate surface area is 123 Å². The van der Waals surface area contributed by atoms with Crippen molar-refractivity contribution in [2.24, 2.45) is 5.16 Å². The van der Waals surface area contributed by atoms with E-state index in [-0.39, 0.29) is 25.2 Å². The van der Waals surface area contributed by atoms with Crippen molar-refractivity contribution in [2.45, 2.75) is 32.7 Å². The molecule has 1 aliphatic heterocycles. The summed E-state index contributed by atoms with van der Waals surface area (Å²) in [4.78, 5) is 11.7. The zero-order valence-corrected chi connectivity index (χ0v) is 12.3. The lowest BCUT2D eigenvalue weighted by atomic mass is 10.1. The zero-order valence-electron chi connectivity index (χ0n) is 12.3. The van der Waals surface area contributed by atoms with Crippen molar-refractivity contribution in [3.63, 3.8) is 0 Å². The molecule has 2 N–H and O–H groups in total. The number of nitrogens with zero attached hydrogens (tertiary/aromatic N) is 1. The van der Waals surface area contributed by atoms with Gasteiger partial charge in [-0.1, -0.05) is 18.5 Å². The van der Waals surface area contributed by atoms with Crippen LogP contribution in [-0.4, -0.2) is 36.1 Å². The van der Waals surface area contributed by atoms with Gasteiger partial charge in [0.15, 0.2) is 6.61 Å². The highest BCUT2D eigenvalue weighted by molar-refractivity contribution is 6.06. The minimum absolute atomic E-state index is 0.0339. The van der Waals surface area contributed by atoms with E-state index in [1.54, 1.807) is 18.2 Å². The van der Waals surface area contributed by atoms with Crippen molar-refractivity contribution >= 4 is 11.6 Å². The SMILES string of the molecule is CCCC(C)NC(=O)COc1ccc2c(c1)OCC2=NO. The molecular weight excluding hydrogens is 272 g/mol. The summed E-state index contributed by atoms with van der Waals surface area (Å²) in [6, 6.07) is 5.32. The molecule has 6 heteroatoms. The summed E-state index contributed by atoms with van der Waals surface area (Å²) < 4.78 is 10.8. The van der Waals surface area contributed by atoms with Crippen molar-refractivity contribution in [2.75, 3.05) is 13.2 Å². The third kappa shape index (κ3) is 3.87. The maximum atomic E-state index is 11.7. The van der Waals surface area contributed by atoms with E-state index in [4.69, 9.17) is 14.7 Å². The minimum atomic E-state index is -0.144. The van der Waals surface area contributed by atoms with Crippen LogP contribution in [0.3, 0.4) is 0 Å². The molecule has 1 atom stereocenters. The third-order valence-electron chi connectivity index (χ3n) is 3.25. The minimum Gasteiger partial charge on any atom is -0.486 e. The molecule has 0 radical (unpaired) electrons. The van der Waals surface area contributed by atoms with Crippen molar-refractivity contribution in [3.8, 4) is 11.5 Å². The van der Waals surface area contributed by atoms with Gasteiger partial charge in [-0.15, -0.1) is 0 Å². The van der Waals surface area contributed by atoms with Crippen molar-refractivity contribution < 1.29 is 19.5 Å². The molecule has 6 nitrogen and oxygen atoms in total. The Balaban J connectivity index is 1.89. The highest BCUT2D eigenvalue weighted by Crippen LogP contribution is 2.29. The van der Waals surface area contributed by atoms with Gasteiger partial charge in [0.25, 0.3) is 5.91 Å². The average Bonchev–Trinajstić information content (AvgIpc) is 2.87. The van der Waals surface area contributed by atoms with E-state index in [1.807, 2.05) is 6.92 Å². The molecule has 0 saturated heterocycles. The van der Waals surface area contributed by atoms with Crippen LogP contribution in [0.4, 0.5) is 0 Å². The normalized spacial score (nSPS) is 16.2. The molecule has 0 fully saturated rings. The molecule has 1 unspecified atom stereocenters. The zero-order chi connectivity index (χ0) is 15.2. The first kappa shape index (κ1) is 15.2. The van der Waals surface area contributed by atoms with Crippen LogP contribution in [0, 0.1) is 0 Å². The number of rotatable bonds is 6. The van der Waals surface area contributed by atoms with Gasteiger partial charge in [0, 0.05) is 17.7 Å². The largest absolute Gasteiger partial charge is 0.486 e. The number of carbonyl (C=O) groups excluding carboxylic acids is 1. The number of oxime groups is 1. The number of carbonyl (C=O) groups is 1. The second-order valence-corrected chi connectivity index (χ2v) is 5.04. The first-order valence-electron chi connectivity index (χ1n) is 7.04. The van der Waals surface area contributed by atoms with Gasteiger partial charge in [-0.2, -0.15) is 0 Å². The molecule has 21 heavy (non-hydrogen) atoms. The lowest BCUT2D eigenvalue weighted by molar-refractivity contribution is -0.123. The summed E-state index contributed by atoms with van der Waals surface area (Å²) in [5.74, 6) is 1.00. The summed E-state index contributed by atoms with van der Waals surface area (Å²) >= 11 is 0. The quantitative estimate of drug-likeness (QED) is 0.620. The lowest BCUT2D eigenvalue weighted by Gasteiger charge is -2.13. The van der Waals surface area contributed by atoms with E-state index in [2.05, 4.69) is 17.4 Å². The molecular formula is C15H20N2O4. The average molecular weight is 292 g/mol. The summed E-state index contributed by atoms with van der Waals surface area (Å²) in [7, 11) is 0. The van der Waals surface area contributed by atoms with Crippen LogP contribution in [0.15, 0.2) is 23.4 Å². The fraction of sp³-hybridized carbons (Fsp3) is 0.467. The van der Waals surface area contributed by atoms with Crippen LogP contribution in [0.2, 0.25) is 0 Å². The van der Waals surface area contributed by atoms with E-state index in [9.17, 15) is 4.79 Å². The van der Waals surface area contributed by atoms with E-state index < -0.39 is 0 Å². The Morgan fingerprint density at radius 1 is 1.57 bits per heavy atom. The van der Waals surface area contributed by atoms with Crippen LogP contribution in [-0.2, 0) is 4.79 Å². The van der Waals surface area contributed by atoms with E-state index in [0.29, 0.717) is 17.2 Å². The van der Waals surface area contributed by atoms with E-state index in [0.717, 1.165) is 18.4 Å². The summed E-state index contributed by atoms with van der Waals surface area (Å²) in [6.45, 7) is 4.26. The van der Waals surface area contributed by atoms with E-state index in [1.165, 1.54) is 0 Å². The smallest absolute Gasteiger partial charge is 0.258 e. The second kappa shape index (κ2) is 6.97. The monoisotopic (exact) mass is 292 g/mol. The Morgan fingerprint density at radius 3 is 3.10 bits per heavy atom. The van der Waals surface area contributed by atoms with Gasteiger partial charge >= 0.3 is 0 Å². The maximum Gasteiger partial charge on any atom is 0.258 e. The molecule has 0 aliphatic carbocycles. The topological polar surface area (TPSA) is 80.2 Å².